The molecule has 0 spiro atoms. The first-order valence-electron chi connectivity index (χ1n) is 6.20. The van der Waals surface area contributed by atoms with Gasteiger partial charge in [-0.25, -0.2) is 0 Å². The van der Waals surface area contributed by atoms with Crippen LogP contribution in [0, 0.1) is 0 Å². The van der Waals surface area contributed by atoms with Crippen LogP contribution in [0.2, 0.25) is 5.32 Å². The molecule has 0 atom stereocenters. The van der Waals surface area contributed by atoms with E-state index in [-0.39, 0.29) is 0 Å². The van der Waals surface area contributed by atoms with Crippen molar-refractivity contribution in [2.45, 2.75) is 5.32 Å². The van der Waals surface area contributed by atoms with E-state index in [2.05, 4.69) is 67.2 Å². The number of hydrogen-bond donors (Lipinski definition) is 0. The van der Waals surface area contributed by atoms with E-state index in [1.807, 2.05) is 4.97 Å². The molecule has 19 heavy (non-hydrogen) atoms. The molecule has 0 saturated carbocycles. The van der Waals surface area contributed by atoms with Crippen molar-refractivity contribution < 1.29 is 0 Å². The van der Waals surface area contributed by atoms with E-state index in [4.69, 9.17) is 11.8 Å². The predicted molar refractivity (Wildman–Crippen MR) is 92.1 cm³/mol. The van der Waals surface area contributed by atoms with Gasteiger partial charge in [0.1, 0.15) is 0 Å². The molecule has 0 bridgehead atoms. The second kappa shape index (κ2) is 7.22. The van der Waals surface area contributed by atoms with Gasteiger partial charge in [-0.05, 0) is 0 Å². The summed E-state index contributed by atoms with van der Waals surface area (Å²) >= 11 is 6.64. The molecule has 0 amide bonds. The summed E-state index contributed by atoms with van der Waals surface area (Å²) in [5, 5.41) is 3.84. The van der Waals surface area contributed by atoms with Crippen LogP contribution in [0.4, 0.5) is 0 Å². The molecule has 0 aliphatic carbocycles. The monoisotopic (exact) mass is 352 g/mol. The summed E-state index contributed by atoms with van der Waals surface area (Å²) in [4.78, 5) is 2.04. The fraction of sp³-hybridized carbons (Fsp3) is 0.125. The van der Waals surface area contributed by atoms with E-state index in [9.17, 15) is 0 Å². The van der Waals surface area contributed by atoms with Crippen molar-refractivity contribution in [1.82, 2.24) is 0 Å². The molecule has 0 fully saturated rings. The zero-order valence-electron chi connectivity index (χ0n) is 10.7. The van der Waals surface area contributed by atoms with Gasteiger partial charge in [0, 0.05) is 0 Å². The van der Waals surface area contributed by atoms with Gasteiger partial charge in [0.2, 0.25) is 0 Å². The maximum atomic E-state index is 6.14. The topological polar surface area (TPSA) is 0 Å². The number of hydrogen-bond acceptors (Lipinski definition) is 1. The summed E-state index contributed by atoms with van der Waals surface area (Å²) in [6, 6.07) is 19.6. The molecule has 0 unspecified atom stereocenters. The average molecular weight is 351 g/mol. The van der Waals surface area contributed by atoms with Crippen LogP contribution < -0.4 is 10.6 Å². The second-order valence-electron chi connectivity index (χ2n) is 4.17. The minimum absolute atomic E-state index is 0.508. The Morgan fingerprint density at radius 2 is 1.42 bits per heavy atom. The van der Waals surface area contributed by atoms with E-state index >= 15 is 0 Å². The molecule has 98 valence electrons. The van der Waals surface area contributed by atoms with Crippen molar-refractivity contribution in [3.05, 3.63) is 72.2 Å². The summed E-state index contributed by atoms with van der Waals surface area (Å²) in [5.41, 5.74) is 0. The Balaban J connectivity index is 2.39. The van der Waals surface area contributed by atoms with Crippen LogP contribution in [0.25, 0.3) is 0 Å². The summed E-state index contributed by atoms with van der Waals surface area (Å²) in [6.45, 7) is 3.83. The molecule has 0 radical (unpaired) electrons. The van der Waals surface area contributed by atoms with Crippen molar-refractivity contribution in [1.29, 1.82) is 0 Å². The van der Waals surface area contributed by atoms with Crippen molar-refractivity contribution in [2.75, 3.05) is 6.16 Å². The molecular formula is C16H17PSSe. The fourth-order valence-electron chi connectivity index (χ4n) is 2.01. The van der Waals surface area contributed by atoms with E-state index in [1.54, 1.807) is 0 Å². The van der Waals surface area contributed by atoms with Crippen LogP contribution >= 0.6 is 6.04 Å². The SMILES string of the molecule is C=C[Se]CCP(=S)(c1ccccc1)c1ccccc1. The minimum atomic E-state index is -1.65. The fourth-order valence-corrected chi connectivity index (χ4v) is 9.02. The zero-order valence-corrected chi connectivity index (χ0v) is 14.2. The second-order valence-corrected chi connectivity index (χ2v) is 11.3. The van der Waals surface area contributed by atoms with Crippen LogP contribution in [0.3, 0.4) is 0 Å². The third kappa shape index (κ3) is 3.68. The zero-order chi connectivity index (χ0) is 13.6. The number of benzene rings is 2. The normalized spacial score (nSPS) is 11.2. The van der Waals surface area contributed by atoms with Crippen LogP contribution in [-0.4, -0.2) is 21.1 Å². The maximum absolute atomic E-state index is 6.14. The van der Waals surface area contributed by atoms with E-state index in [0.717, 1.165) is 6.16 Å². The molecule has 0 N–H and O–H groups in total. The Morgan fingerprint density at radius 1 is 0.947 bits per heavy atom. The van der Waals surface area contributed by atoms with Gasteiger partial charge in [-0.2, -0.15) is 0 Å². The van der Waals surface area contributed by atoms with Gasteiger partial charge in [0.05, 0.1) is 0 Å². The average Bonchev–Trinajstić information content (AvgIpc) is 2.49. The molecule has 3 heteroatoms. The summed E-state index contributed by atoms with van der Waals surface area (Å²) in [5.74, 6) is 0. The van der Waals surface area contributed by atoms with Crippen LogP contribution in [0.1, 0.15) is 0 Å². The molecule has 2 rings (SSSR count). The Labute approximate surface area is 127 Å². The first-order chi connectivity index (χ1) is 9.27. The van der Waals surface area contributed by atoms with Gasteiger partial charge in [0.25, 0.3) is 0 Å². The molecule has 0 aliphatic heterocycles. The van der Waals surface area contributed by atoms with Crippen LogP contribution in [0.5, 0.6) is 0 Å². The molecule has 2 aromatic carbocycles. The quantitative estimate of drug-likeness (QED) is 0.437. The molecule has 2 aromatic rings. The van der Waals surface area contributed by atoms with Gasteiger partial charge >= 0.3 is 127 Å². The molecule has 0 saturated heterocycles. The van der Waals surface area contributed by atoms with E-state index < -0.39 is 6.04 Å². The Hall–Kier alpha value is -0.651. The van der Waals surface area contributed by atoms with Crippen LogP contribution in [0.15, 0.2) is 72.2 Å². The Kier molecular flexibility index (Phi) is 5.60. The van der Waals surface area contributed by atoms with Gasteiger partial charge < -0.3 is 0 Å². The Bertz CT molecular complexity index is 522. The first-order valence-corrected chi connectivity index (χ1v) is 11.4. The molecule has 0 nitrogen and oxygen atoms in total. The van der Waals surface area contributed by atoms with Crippen molar-refractivity contribution >= 4 is 43.4 Å². The summed E-state index contributed by atoms with van der Waals surface area (Å²) in [7, 11) is 0. The van der Waals surface area contributed by atoms with Gasteiger partial charge in [-0.3, -0.25) is 0 Å². The summed E-state index contributed by atoms with van der Waals surface area (Å²) in [6.07, 6.45) is 1.10. The molecular weight excluding hydrogens is 334 g/mol. The van der Waals surface area contributed by atoms with E-state index in [0.29, 0.717) is 15.0 Å². The third-order valence-electron chi connectivity index (χ3n) is 2.99. The van der Waals surface area contributed by atoms with Crippen LogP contribution in [-0.2, 0) is 11.8 Å². The van der Waals surface area contributed by atoms with Crippen molar-refractivity contribution in [3.8, 4) is 0 Å². The third-order valence-corrected chi connectivity index (χ3v) is 10.0. The molecule has 0 aromatic heterocycles. The number of rotatable bonds is 6. The van der Waals surface area contributed by atoms with Gasteiger partial charge in [-0.1, -0.05) is 0 Å². The summed E-state index contributed by atoms with van der Waals surface area (Å²) < 4.78 is 0. The standard InChI is InChI=1S/C16H17PSSe/c1-2-19-14-13-17(18,15-9-5-3-6-10-15)16-11-7-4-8-12-16/h2-12H,1,13-14H2. The van der Waals surface area contributed by atoms with Crippen molar-refractivity contribution in [3.63, 3.8) is 0 Å². The van der Waals surface area contributed by atoms with Crippen molar-refractivity contribution in [2.24, 2.45) is 0 Å². The van der Waals surface area contributed by atoms with Gasteiger partial charge in [-0.15, -0.1) is 0 Å². The predicted octanol–water partition coefficient (Wildman–Crippen LogP) is 3.38. The van der Waals surface area contributed by atoms with E-state index in [1.165, 1.54) is 15.9 Å². The molecule has 0 aliphatic rings. The Morgan fingerprint density at radius 3 is 1.84 bits per heavy atom. The van der Waals surface area contributed by atoms with Gasteiger partial charge in [0.15, 0.2) is 0 Å². The first kappa shape index (κ1) is 14.8. The molecule has 0 heterocycles.